The van der Waals surface area contributed by atoms with E-state index in [1.54, 1.807) is 14.0 Å². The van der Waals surface area contributed by atoms with Crippen LogP contribution in [0.15, 0.2) is 34.7 Å². The van der Waals surface area contributed by atoms with Gasteiger partial charge < -0.3 is 19.6 Å². The first-order valence-electron chi connectivity index (χ1n) is 7.32. The average molecular weight is 317 g/mol. The highest BCUT2D eigenvalue weighted by molar-refractivity contribution is 5.96. The first-order valence-corrected chi connectivity index (χ1v) is 7.32. The van der Waals surface area contributed by atoms with E-state index in [-0.39, 0.29) is 11.3 Å². The number of furan rings is 1. The van der Waals surface area contributed by atoms with E-state index < -0.39 is 11.9 Å². The van der Waals surface area contributed by atoms with Gasteiger partial charge in [0.1, 0.15) is 17.1 Å². The van der Waals surface area contributed by atoms with Crippen LogP contribution in [0.2, 0.25) is 0 Å². The minimum atomic E-state index is -1.09. The van der Waals surface area contributed by atoms with Crippen LogP contribution >= 0.6 is 0 Å². The van der Waals surface area contributed by atoms with Gasteiger partial charge in [0.2, 0.25) is 0 Å². The Morgan fingerprint density at radius 3 is 2.48 bits per heavy atom. The molecule has 6 heteroatoms. The fourth-order valence-electron chi connectivity index (χ4n) is 2.18. The molecule has 0 bridgehead atoms. The van der Waals surface area contributed by atoms with Gasteiger partial charge in [0, 0.05) is 19.0 Å². The molecule has 0 spiro atoms. The van der Waals surface area contributed by atoms with Crippen LogP contribution in [-0.2, 0) is 12.8 Å². The highest BCUT2D eigenvalue weighted by Gasteiger charge is 2.19. The van der Waals surface area contributed by atoms with Gasteiger partial charge in [-0.15, -0.1) is 0 Å². The van der Waals surface area contributed by atoms with Crippen molar-refractivity contribution in [2.75, 3.05) is 13.7 Å². The maximum absolute atomic E-state index is 12.0. The van der Waals surface area contributed by atoms with Crippen molar-refractivity contribution in [1.29, 1.82) is 0 Å². The first kappa shape index (κ1) is 16.6. The van der Waals surface area contributed by atoms with Crippen molar-refractivity contribution in [3.63, 3.8) is 0 Å². The molecule has 0 atom stereocenters. The lowest BCUT2D eigenvalue weighted by atomic mass is 10.1. The van der Waals surface area contributed by atoms with Gasteiger partial charge >= 0.3 is 5.97 Å². The Balaban J connectivity index is 1.92. The number of ether oxygens (including phenoxy) is 1. The van der Waals surface area contributed by atoms with Crippen LogP contribution in [0.25, 0.3) is 0 Å². The third-order valence-corrected chi connectivity index (χ3v) is 3.44. The van der Waals surface area contributed by atoms with Gasteiger partial charge in [0.05, 0.1) is 7.11 Å². The number of rotatable bonds is 7. The number of carbonyl (C=O) groups excluding carboxylic acids is 1. The molecule has 0 unspecified atom stereocenters. The second kappa shape index (κ2) is 7.49. The van der Waals surface area contributed by atoms with Gasteiger partial charge in [-0.2, -0.15) is 0 Å². The van der Waals surface area contributed by atoms with E-state index in [0.717, 1.165) is 11.3 Å². The molecule has 2 N–H and O–H groups in total. The quantitative estimate of drug-likeness (QED) is 0.819. The molecule has 1 heterocycles. The topological polar surface area (TPSA) is 88.8 Å². The van der Waals surface area contributed by atoms with Crippen LogP contribution in [0.1, 0.15) is 39.2 Å². The Bertz CT molecular complexity index is 688. The molecule has 1 aromatic heterocycles. The molecule has 1 amide bonds. The first-order chi connectivity index (χ1) is 11.0. The zero-order chi connectivity index (χ0) is 16.8. The zero-order valence-corrected chi connectivity index (χ0v) is 13.1. The summed E-state index contributed by atoms with van der Waals surface area (Å²) in [5.41, 5.74) is 1.10. The van der Waals surface area contributed by atoms with Crippen molar-refractivity contribution in [2.45, 2.75) is 19.8 Å². The highest BCUT2D eigenvalue weighted by Crippen LogP contribution is 2.16. The smallest absolute Gasteiger partial charge is 0.339 e. The molecule has 0 fully saturated rings. The summed E-state index contributed by atoms with van der Waals surface area (Å²) in [5.74, 6) is -0.406. The van der Waals surface area contributed by atoms with Gasteiger partial charge in [-0.05, 0) is 24.1 Å². The maximum Gasteiger partial charge on any atom is 0.339 e. The molecule has 2 aromatic rings. The van der Waals surface area contributed by atoms with E-state index >= 15 is 0 Å². The number of nitrogens with one attached hydrogen (secondary N) is 1. The van der Waals surface area contributed by atoms with Crippen molar-refractivity contribution in [1.82, 2.24) is 5.32 Å². The summed E-state index contributed by atoms with van der Waals surface area (Å²) in [4.78, 5) is 23.1. The van der Waals surface area contributed by atoms with Gasteiger partial charge in [0.25, 0.3) is 5.91 Å². The third kappa shape index (κ3) is 4.12. The summed E-state index contributed by atoms with van der Waals surface area (Å²) in [7, 11) is 1.61. The van der Waals surface area contributed by atoms with Gasteiger partial charge in [-0.25, -0.2) is 4.79 Å². The van der Waals surface area contributed by atoms with Gasteiger partial charge in [-0.1, -0.05) is 19.1 Å². The Morgan fingerprint density at radius 1 is 1.26 bits per heavy atom. The number of methoxy groups -OCH3 is 1. The van der Waals surface area contributed by atoms with E-state index in [9.17, 15) is 9.59 Å². The van der Waals surface area contributed by atoms with Crippen molar-refractivity contribution >= 4 is 11.9 Å². The van der Waals surface area contributed by atoms with Gasteiger partial charge in [0.15, 0.2) is 5.76 Å². The minimum Gasteiger partial charge on any atom is -0.497 e. The van der Waals surface area contributed by atoms with Crippen LogP contribution in [-0.4, -0.2) is 30.6 Å². The van der Waals surface area contributed by atoms with Crippen molar-refractivity contribution in [3.8, 4) is 5.75 Å². The van der Waals surface area contributed by atoms with Crippen LogP contribution in [0.4, 0.5) is 0 Å². The van der Waals surface area contributed by atoms with Crippen molar-refractivity contribution in [3.05, 3.63) is 53.0 Å². The standard InChI is InChI=1S/C17H19NO5/c1-3-14-13(17(20)21)10-15(23-14)16(19)18-9-8-11-4-6-12(22-2)7-5-11/h4-7,10H,3,8-9H2,1-2H3,(H,18,19)(H,20,21). The lowest BCUT2D eigenvalue weighted by Crippen LogP contribution is -2.25. The van der Waals surface area contributed by atoms with Crippen LogP contribution in [0.5, 0.6) is 5.75 Å². The molecular formula is C17H19NO5. The third-order valence-electron chi connectivity index (χ3n) is 3.44. The molecule has 6 nitrogen and oxygen atoms in total. The van der Waals surface area contributed by atoms with E-state index in [0.29, 0.717) is 25.1 Å². The Kier molecular flexibility index (Phi) is 5.41. The lowest BCUT2D eigenvalue weighted by molar-refractivity contribution is 0.0694. The molecule has 2 rings (SSSR count). The predicted octanol–water partition coefficient (Wildman–Crippen LogP) is 2.52. The molecule has 0 saturated carbocycles. The van der Waals surface area contributed by atoms with Crippen molar-refractivity contribution < 1.29 is 23.8 Å². The molecule has 0 radical (unpaired) electrons. The summed E-state index contributed by atoms with van der Waals surface area (Å²) in [6.07, 6.45) is 1.07. The summed E-state index contributed by atoms with van der Waals surface area (Å²) < 4.78 is 10.4. The highest BCUT2D eigenvalue weighted by atomic mass is 16.5. The maximum atomic E-state index is 12.0. The number of aryl methyl sites for hydroxylation is 1. The van der Waals surface area contributed by atoms with E-state index in [4.69, 9.17) is 14.3 Å². The summed E-state index contributed by atoms with van der Waals surface area (Å²) >= 11 is 0. The van der Waals surface area contributed by atoms with Crippen LogP contribution in [0.3, 0.4) is 0 Å². The van der Waals surface area contributed by atoms with E-state index in [1.165, 1.54) is 6.07 Å². The normalized spacial score (nSPS) is 10.3. The molecule has 122 valence electrons. The number of carboxylic acid groups (broad SMARTS) is 1. The predicted molar refractivity (Wildman–Crippen MR) is 84.1 cm³/mol. The number of benzene rings is 1. The number of carbonyl (C=O) groups is 2. The van der Waals surface area contributed by atoms with E-state index in [1.807, 2.05) is 24.3 Å². The second-order valence-corrected chi connectivity index (χ2v) is 4.96. The monoisotopic (exact) mass is 317 g/mol. The molecule has 0 aliphatic rings. The molecule has 0 saturated heterocycles. The molecule has 0 aliphatic carbocycles. The SMILES string of the molecule is CCc1oc(C(=O)NCCc2ccc(OC)cc2)cc1C(=O)O. The average Bonchev–Trinajstić information content (AvgIpc) is 3.00. The number of amides is 1. The summed E-state index contributed by atoms with van der Waals surface area (Å²) in [6.45, 7) is 2.20. The Hall–Kier alpha value is -2.76. The minimum absolute atomic E-state index is 0.0222. The fraction of sp³-hybridized carbons (Fsp3) is 0.294. The van der Waals surface area contributed by atoms with Crippen molar-refractivity contribution in [2.24, 2.45) is 0 Å². The molecular weight excluding hydrogens is 298 g/mol. The fourth-order valence-corrected chi connectivity index (χ4v) is 2.18. The van der Waals surface area contributed by atoms with E-state index in [2.05, 4.69) is 5.32 Å². The second-order valence-electron chi connectivity index (χ2n) is 4.96. The number of carboxylic acids is 1. The molecule has 0 aliphatic heterocycles. The Morgan fingerprint density at radius 2 is 1.96 bits per heavy atom. The van der Waals surface area contributed by atoms with Crippen LogP contribution < -0.4 is 10.1 Å². The number of hydrogen-bond donors (Lipinski definition) is 2. The lowest BCUT2D eigenvalue weighted by Gasteiger charge is -2.05. The summed E-state index contributed by atoms with van der Waals surface area (Å²) in [5, 5.41) is 11.8. The summed E-state index contributed by atoms with van der Waals surface area (Å²) in [6, 6.07) is 8.84. The largest absolute Gasteiger partial charge is 0.497 e. The molecule has 1 aromatic carbocycles. The zero-order valence-electron chi connectivity index (χ0n) is 13.1. The Labute approximate surface area is 134 Å². The number of hydrogen-bond acceptors (Lipinski definition) is 4. The number of aromatic carboxylic acids is 1. The van der Waals surface area contributed by atoms with Crippen LogP contribution in [0, 0.1) is 0 Å². The van der Waals surface area contributed by atoms with Gasteiger partial charge in [-0.3, -0.25) is 4.79 Å². The molecule has 23 heavy (non-hydrogen) atoms.